The molecule has 0 unspecified atom stereocenters. The van der Waals surface area contributed by atoms with Crippen molar-refractivity contribution in [3.63, 3.8) is 0 Å². The van der Waals surface area contributed by atoms with Crippen LogP contribution in [0.1, 0.15) is 73.7 Å². The number of piperazine rings is 1. The lowest BCUT2D eigenvalue weighted by Crippen LogP contribution is -2.53. The SMILES string of the molecule is CC(C)(C)N1CCN(c2c(F)cccc2[C@H]2S[C@@H](CC(=O)N3CCC(N4CCc5ccccc5NC4=O)CC3)C(=O)N2CC2CCOCC2)CC1.[HH].[HH].[HH]. The van der Waals surface area contributed by atoms with Crippen molar-refractivity contribution in [1.82, 2.24) is 19.6 Å². The molecular formula is C39H59FN6O4S. The van der Waals surface area contributed by atoms with Gasteiger partial charge in [0, 0.05) is 99.1 Å². The average molecular weight is 727 g/mol. The highest BCUT2D eigenvalue weighted by Gasteiger charge is 2.45. The van der Waals surface area contributed by atoms with Gasteiger partial charge in [-0.3, -0.25) is 14.5 Å². The summed E-state index contributed by atoms with van der Waals surface area (Å²) in [5.74, 6) is -0.0273. The van der Waals surface area contributed by atoms with E-state index in [2.05, 4.69) is 42.0 Å². The zero-order valence-electron chi connectivity index (χ0n) is 30.3. The summed E-state index contributed by atoms with van der Waals surface area (Å²) in [6, 6.07) is 13.2. The number of likely N-dealkylation sites (tertiary alicyclic amines) is 1. The first kappa shape index (κ1) is 36.0. The molecule has 2 atom stereocenters. The fraction of sp³-hybridized carbons (Fsp3) is 0.615. The van der Waals surface area contributed by atoms with E-state index in [0.717, 1.165) is 49.2 Å². The Balaban J connectivity index is 0.00000217. The molecule has 0 saturated carbocycles. The van der Waals surface area contributed by atoms with E-state index in [1.165, 1.54) is 17.8 Å². The van der Waals surface area contributed by atoms with Crippen molar-refractivity contribution in [1.29, 1.82) is 0 Å². The second kappa shape index (κ2) is 15.3. The van der Waals surface area contributed by atoms with Crippen LogP contribution < -0.4 is 10.2 Å². The molecule has 5 aliphatic heterocycles. The van der Waals surface area contributed by atoms with Gasteiger partial charge in [0.15, 0.2) is 0 Å². The quantitative estimate of drug-likeness (QED) is 0.357. The molecule has 2 aromatic carbocycles. The number of ether oxygens (including phenoxy) is 1. The predicted molar refractivity (Wildman–Crippen MR) is 206 cm³/mol. The number of fused-ring (bicyclic) bond motifs is 1. The van der Waals surface area contributed by atoms with E-state index in [9.17, 15) is 14.4 Å². The summed E-state index contributed by atoms with van der Waals surface area (Å²) < 4.78 is 21.5. The fourth-order valence-electron chi connectivity index (χ4n) is 8.48. The first-order valence-corrected chi connectivity index (χ1v) is 19.8. The van der Waals surface area contributed by atoms with Crippen molar-refractivity contribution in [2.75, 3.05) is 75.8 Å². The van der Waals surface area contributed by atoms with Crippen molar-refractivity contribution >= 4 is 41.0 Å². The molecule has 4 fully saturated rings. The van der Waals surface area contributed by atoms with E-state index in [1.54, 1.807) is 6.07 Å². The number of hydrogen-bond acceptors (Lipinski definition) is 7. The number of carbonyl (C=O) groups excluding carboxylic acids is 3. The maximum absolute atomic E-state index is 15.9. The van der Waals surface area contributed by atoms with Gasteiger partial charge in [-0.15, -0.1) is 11.8 Å². The Kier molecular flexibility index (Phi) is 10.8. The molecule has 12 heteroatoms. The topological polar surface area (TPSA) is 88.7 Å². The molecule has 0 aromatic heterocycles. The van der Waals surface area contributed by atoms with Gasteiger partial charge in [0.25, 0.3) is 0 Å². The highest BCUT2D eigenvalue weighted by molar-refractivity contribution is 8.01. The number of urea groups is 1. The standard InChI is InChI=1S/C39H53FN6O4S.3H2/c1-39(2,3)44-21-19-43(20-22-44)35-30(8-6-9-31(35)40)37-46(26-27-14-23-50-24-15-27)36(48)33(51-37)25-34(47)42-16-12-29(13-17-42)45-18-11-28-7-4-5-10-32(28)41-38(45)49;;;/h4-10,27,29,33,37H,11-26H2,1-3H3,(H,41,49);3*1H/t33-,37+;;;/m0.../s1. The largest absolute Gasteiger partial charge is 0.381 e. The molecule has 0 radical (unpaired) electrons. The predicted octanol–water partition coefficient (Wildman–Crippen LogP) is 6.32. The summed E-state index contributed by atoms with van der Waals surface area (Å²) in [6.45, 7) is 13.4. The second-order valence-electron chi connectivity index (χ2n) is 15.7. The summed E-state index contributed by atoms with van der Waals surface area (Å²) >= 11 is 1.51. The summed E-state index contributed by atoms with van der Waals surface area (Å²) in [7, 11) is 0. The normalized spacial score (nSPS) is 24.5. The van der Waals surface area contributed by atoms with E-state index < -0.39 is 5.25 Å². The van der Waals surface area contributed by atoms with Crippen LogP contribution in [0, 0.1) is 11.7 Å². The first-order chi connectivity index (χ1) is 24.6. The molecule has 2 aromatic rings. The van der Waals surface area contributed by atoms with E-state index >= 15 is 4.39 Å². The third-order valence-corrected chi connectivity index (χ3v) is 13.0. The first-order valence-electron chi connectivity index (χ1n) is 18.8. The van der Waals surface area contributed by atoms with Crippen molar-refractivity contribution in [2.45, 2.75) is 81.5 Å². The average Bonchev–Trinajstić information content (AvgIpc) is 3.31. The van der Waals surface area contributed by atoms with E-state index in [0.29, 0.717) is 76.9 Å². The molecule has 0 aliphatic carbocycles. The lowest BCUT2D eigenvalue weighted by Gasteiger charge is -2.44. The number of anilines is 2. The molecule has 1 N–H and O–H groups in total. The van der Waals surface area contributed by atoms with Crippen molar-refractivity contribution in [3.8, 4) is 0 Å². The van der Waals surface area contributed by atoms with Crippen LogP contribution in [0.5, 0.6) is 0 Å². The number of carbonyl (C=O) groups is 3. The lowest BCUT2D eigenvalue weighted by molar-refractivity contribution is -0.137. The molecule has 4 amide bonds. The minimum Gasteiger partial charge on any atom is -0.381 e. The minimum absolute atomic E-state index is 0. The molecule has 7 rings (SSSR count). The molecular weight excluding hydrogens is 668 g/mol. The highest BCUT2D eigenvalue weighted by atomic mass is 32.2. The van der Waals surface area contributed by atoms with Crippen LogP contribution in [-0.4, -0.2) is 120 Å². The molecule has 282 valence electrons. The number of nitrogens with zero attached hydrogens (tertiary/aromatic N) is 5. The van der Waals surface area contributed by atoms with Gasteiger partial charge in [-0.1, -0.05) is 30.3 Å². The van der Waals surface area contributed by atoms with Crippen LogP contribution >= 0.6 is 11.8 Å². The Morgan fingerprint density at radius 3 is 2.39 bits per heavy atom. The molecule has 5 aliphatic rings. The summed E-state index contributed by atoms with van der Waals surface area (Å²) in [5, 5.41) is 2.16. The Labute approximate surface area is 310 Å². The Hall–Kier alpha value is -3.35. The maximum Gasteiger partial charge on any atom is 0.322 e. The zero-order chi connectivity index (χ0) is 35.7. The summed E-state index contributed by atoms with van der Waals surface area (Å²) in [4.78, 5) is 51.5. The van der Waals surface area contributed by atoms with Gasteiger partial charge in [0.1, 0.15) is 11.2 Å². The summed E-state index contributed by atoms with van der Waals surface area (Å²) in [5.41, 5.74) is 3.45. The van der Waals surface area contributed by atoms with Gasteiger partial charge >= 0.3 is 6.03 Å². The second-order valence-corrected chi connectivity index (χ2v) is 17.0. The van der Waals surface area contributed by atoms with E-state index in [1.807, 2.05) is 39.0 Å². The van der Waals surface area contributed by atoms with Gasteiger partial charge in [-0.05, 0) is 76.5 Å². The number of amides is 4. The van der Waals surface area contributed by atoms with Gasteiger partial charge in [0.05, 0.1) is 10.9 Å². The van der Waals surface area contributed by atoms with Crippen molar-refractivity contribution < 1.29 is 27.8 Å². The molecule has 5 heterocycles. The van der Waals surface area contributed by atoms with Crippen LogP contribution in [0.2, 0.25) is 0 Å². The number of benzene rings is 2. The fourth-order valence-corrected chi connectivity index (χ4v) is 9.95. The Morgan fingerprint density at radius 2 is 1.67 bits per heavy atom. The number of hydrogen-bond donors (Lipinski definition) is 1. The van der Waals surface area contributed by atoms with Crippen LogP contribution in [0.15, 0.2) is 42.5 Å². The Morgan fingerprint density at radius 1 is 0.941 bits per heavy atom. The lowest BCUT2D eigenvalue weighted by atomic mass is 9.98. The van der Waals surface area contributed by atoms with Gasteiger partial charge < -0.3 is 29.7 Å². The van der Waals surface area contributed by atoms with Crippen LogP contribution in [-0.2, 0) is 20.7 Å². The number of rotatable bonds is 7. The molecule has 4 saturated heterocycles. The third kappa shape index (κ3) is 7.88. The smallest absolute Gasteiger partial charge is 0.322 e. The number of para-hydroxylation sites is 2. The van der Waals surface area contributed by atoms with Crippen molar-refractivity contribution in [2.24, 2.45) is 5.92 Å². The number of nitrogens with one attached hydrogen (secondary N) is 1. The summed E-state index contributed by atoms with van der Waals surface area (Å²) in [6.07, 6.45) is 4.07. The monoisotopic (exact) mass is 726 g/mol. The molecule has 10 nitrogen and oxygen atoms in total. The third-order valence-electron chi connectivity index (χ3n) is 11.5. The maximum atomic E-state index is 15.9. The minimum atomic E-state index is -0.538. The van der Waals surface area contributed by atoms with E-state index in [-0.39, 0.29) is 51.3 Å². The highest BCUT2D eigenvalue weighted by Crippen LogP contribution is 2.48. The van der Waals surface area contributed by atoms with Crippen LogP contribution in [0.3, 0.4) is 0 Å². The van der Waals surface area contributed by atoms with Crippen molar-refractivity contribution in [3.05, 3.63) is 59.4 Å². The number of piperidine rings is 1. The van der Waals surface area contributed by atoms with Gasteiger partial charge in [0.2, 0.25) is 11.8 Å². The van der Waals surface area contributed by atoms with Gasteiger partial charge in [-0.25, -0.2) is 9.18 Å². The molecule has 0 spiro atoms. The number of thioether (sulfide) groups is 1. The van der Waals surface area contributed by atoms with Crippen LogP contribution in [0.25, 0.3) is 0 Å². The van der Waals surface area contributed by atoms with E-state index in [4.69, 9.17) is 4.74 Å². The van der Waals surface area contributed by atoms with Gasteiger partial charge in [-0.2, -0.15) is 0 Å². The van der Waals surface area contributed by atoms with Crippen LogP contribution in [0.4, 0.5) is 20.6 Å². The number of halogens is 1. The molecule has 0 bridgehead atoms. The Bertz CT molecular complexity index is 1600. The molecule has 51 heavy (non-hydrogen) atoms. The zero-order valence-corrected chi connectivity index (χ0v) is 31.1.